The first kappa shape index (κ1) is 10.1. The largest absolute Gasteiger partial charge is 0.492 e. The Balaban J connectivity index is 2.67. The third-order valence-electron chi connectivity index (χ3n) is 1.99. The second-order valence-electron chi connectivity index (χ2n) is 2.81. The Morgan fingerprint density at radius 2 is 2.33 bits per heavy atom. The van der Waals surface area contributed by atoms with Gasteiger partial charge in [0.15, 0.2) is 11.5 Å². The molecule has 0 saturated carbocycles. The molecule has 5 nitrogen and oxygen atoms in total. The molecule has 0 unspecified atom stereocenters. The summed E-state index contributed by atoms with van der Waals surface area (Å²) in [5, 5.41) is 8.93. The zero-order valence-electron chi connectivity index (χ0n) is 7.74. The van der Waals surface area contributed by atoms with Crippen LogP contribution in [0.25, 0.3) is 0 Å². The maximum absolute atomic E-state index is 10.9. The van der Waals surface area contributed by atoms with E-state index in [0.717, 1.165) is 0 Å². The van der Waals surface area contributed by atoms with Gasteiger partial charge < -0.3 is 19.3 Å². The van der Waals surface area contributed by atoms with E-state index < -0.39 is 5.97 Å². The van der Waals surface area contributed by atoms with E-state index in [9.17, 15) is 4.79 Å². The standard InChI is InChI=1S/C9H7BrO5/c1-13-8-6(10)4(9(11)12)2-5-7(8)15-3-14-5/h2H,3H2,1H3,(H,11,12). The van der Waals surface area contributed by atoms with E-state index in [-0.39, 0.29) is 12.4 Å². The number of halogens is 1. The monoisotopic (exact) mass is 274 g/mol. The highest BCUT2D eigenvalue weighted by Gasteiger charge is 2.26. The van der Waals surface area contributed by atoms with Gasteiger partial charge in [-0.3, -0.25) is 0 Å². The molecule has 1 N–H and O–H groups in total. The van der Waals surface area contributed by atoms with Gasteiger partial charge in [0.1, 0.15) is 0 Å². The number of hydrogen-bond acceptors (Lipinski definition) is 4. The summed E-state index contributed by atoms with van der Waals surface area (Å²) in [7, 11) is 1.44. The number of methoxy groups -OCH3 is 1. The Hall–Kier alpha value is -1.43. The number of hydrogen-bond donors (Lipinski definition) is 1. The topological polar surface area (TPSA) is 65.0 Å². The Morgan fingerprint density at radius 1 is 1.60 bits per heavy atom. The number of carbonyl (C=O) groups is 1. The smallest absolute Gasteiger partial charge is 0.337 e. The van der Waals surface area contributed by atoms with Crippen LogP contribution in [0.1, 0.15) is 10.4 Å². The number of ether oxygens (including phenoxy) is 3. The Bertz CT molecular complexity index is 429. The predicted molar refractivity (Wildman–Crippen MR) is 53.8 cm³/mol. The molecule has 0 aliphatic carbocycles. The van der Waals surface area contributed by atoms with E-state index in [1.807, 2.05) is 0 Å². The van der Waals surface area contributed by atoms with Crippen molar-refractivity contribution in [2.45, 2.75) is 0 Å². The van der Waals surface area contributed by atoms with Gasteiger partial charge in [0.25, 0.3) is 0 Å². The highest BCUT2D eigenvalue weighted by molar-refractivity contribution is 9.10. The fourth-order valence-corrected chi connectivity index (χ4v) is 1.95. The second kappa shape index (κ2) is 3.62. The van der Waals surface area contributed by atoms with Gasteiger partial charge in [0.05, 0.1) is 17.1 Å². The van der Waals surface area contributed by atoms with E-state index in [2.05, 4.69) is 15.9 Å². The average Bonchev–Trinajstić information content (AvgIpc) is 2.64. The Kier molecular flexibility index (Phi) is 2.44. The molecule has 0 radical (unpaired) electrons. The maximum Gasteiger partial charge on any atom is 0.337 e. The van der Waals surface area contributed by atoms with Crippen LogP contribution in [0.15, 0.2) is 10.5 Å². The van der Waals surface area contributed by atoms with Crippen molar-refractivity contribution >= 4 is 21.9 Å². The van der Waals surface area contributed by atoms with E-state index in [4.69, 9.17) is 19.3 Å². The van der Waals surface area contributed by atoms with Crippen LogP contribution in [0.4, 0.5) is 0 Å². The number of fused-ring (bicyclic) bond motifs is 1. The lowest BCUT2D eigenvalue weighted by atomic mass is 10.2. The lowest BCUT2D eigenvalue weighted by Gasteiger charge is -2.09. The second-order valence-corrected chi connectivity index (χ2v) is 3.60. The summed E-state index contributed by atoms with van der Waals surface area (Å²) >= 11 is 3.15. The van der Waals surface area contributed by atoms with Gasteiger partial charge >= 0.3 is 5.97 Å². The molecular weight excluding hydrogens is 268 g/mol. The summed E-state index contributed by atoms with van der Waals surface area (Å²) in [6.07, 6.45) is 0. The quantitative estimate of drug-likeness (QED) is 0.892. The van der Waals surface area contributed by atoms with Crippen molar-refractivity contribution in [1.82, 2.24) is 0 Å². The van der Waals surface area contributed by atoms with Gasteiger partial charge in [-0.1, -0.05) is 0 Å². The van der Waals surface area contributed by atoms with Crippen molar-refractivity contribution in [2.75, 3.05) is 13.9 Å². The molecule has 6 heteroatoms. The van der Waals surface area contributed by atoms with Crippen molar-refractivity contribution in [3.63, 3.8) is 0 Å². The van der Waals surface area contributed by atoms with E-state index >= 15 is 0 Å². The highest BCUT2D eigenvalue weighted by Crippen LogP contribution is 2.47. The van der Waals surface area contributed by atoms with Gasteiger partial charge in [-0.15, -0.1) is 0 Å². The number of carboxylic acids is 1. The molecule has 0 atom stereocenters. The molecule has 1 aliphatic rings. The number of rotatable bonds is 2. The van der Waals surface area contributed by atoms with E-state index in [0.29, 0.717) is 21.7 Å². The lowest BCUT2D eigenvalue weighted by Crippen LogP contribution is -2.00. The zero-order chi connectivity index (χ0) is 11.0. The molecule has 15 heavy (non-hydrogen) atoms. The van der Waals surface area contributed by atoms with Crippen LogP contribution in [0.5, 0.6) is 17.2 Å². The SMILES string of the molecule is COc1c(Br)c(C(=O)O)cc2c1OCO2. The van der Waals surface area contributed by atoms with E-state index in [1.54, 1.807) is 0 Å². The molecule has 1 aliphatic heterocycles. The molecule has 0 saturated heterocycles. The molecule has 1 aromatic carbocycles. The van der Waals surface area contributed by atoms with Gasteiger partial charge in [-0.05, 0) is 15.9 Å². The molecule has 0 fully saturated rings. The van der Waals surface area contributed by atoms with Crippen LogP contribution >= 0.6 is 15.9 Å². The van der Waals surface area contributed by atoms with Crippen LogP contribution < -0.4 is 14.2 Å². The fraction of sp³-hybridized carbons (Fsp3) is 0.222. The molecule has 0 spiro atoms. The Morgan fingerprint density at radius 3 is 2.93 bits per heavy atom. The minimum Gasteiger partial charge on any atom is -0.492 e. The number of benzene rings is 1. The third kappa shape index (κ3) is 1.50. The highest BCUT2D eigenvalue weighted by atomic mass is 79.9. The van der Waals surface area contributed by atoms with Gasteiger partial charge in [0, 0.05) is 6.07 Å². The lowest BCUT2D eigenvalue weighted by molar-refractivity contribution is 0.0695. The first-order valence-corrected chi connectivity index (χ1v) is 4.84. The predicted octanol–water partition coefficient (Wildman–Crippen LogP) is 1.88. The van der Waals surface area contributed by atoms with Crippen LogP contribution in [0.2, 0.25) is 0 Å². The fourth-order valence-electron chi connectivity index (χ4n) is 1.33. The summed E-state index contributed by atoms with van der Waals surface area (Å²) in [5.74, 6) is 0.0858. The first-order chi connectivity index (χ1) is 7.15. The average molecular weight is 275 g/mol. The van der Waals surface area contributed by atoms with Crippen LogP contribution in [0, 0.1) is 0 Å². The molecule has 1 heterocycles. The minimum absolute atomic E-state index is 0.0706. The molecule has 1 aromatic rings. The molecule has 0 bridgehead atoms. The summed E-state index contributed by atoms with van der Waals surface area (Å²) < 4.78 is 15.7. The molecular formula is C9H7BrO5. The van der Waals surface area contributed by atoms with Crippen molar-refractivity contribution < 1.29 is 24.1 Å². The molecule has 0 amide bonds. The van der Waals surface area contributed by atoms with Crippen molar-refractivity contribution in [2.24, 2.45) is 0 Å². The maximum atomic E-state index is 10.9. The van der Waals surface area contributed by atoms with Gasteiger partial charge in [-0.25, -0.2) is 4.79 Å². The van der Waals surface area contributed by atoms with E-state index in [1.165, 1.54) is 13.2 Å². The number of aromatic carboxylic acids is 1. The van der Waals surface area contributed by atoms with Crippen molar-refractivity contribution in [3.05, 3.63) is 16.1 Å². The van der Waals surface area contributed by atoms with Gasteiger partial charge in [0.2, 0.25) is 12.5 Å². The molecule has 0 aromatic heterocycles. The van der Waals surface area contributed by atoms with Crippen LogP contribution in [0.3, 0.4) is 0 Å². The van der Waals surface area contributed by atoms with Gasteiger partial charge in [-0.2, -0.15) is 0 Å². The Labute approximate surface area is 93.7 Å². The minimum atomic E-state index is -1.06. The molecule has 80 valence electrons. The normalized spacial score (nSPS) is 12.7. The van der Waals surface area contributed by atoms with Crippen LogP contribution in [-0.4, -0.2) is 25.0 Å². The zero-order valence-corrected chi connectivity index (χ0v) is 9.33. The summed E-state index contributed by atoms with van der Waals surface area (Å²) in [6.45, 7) is 0.0706. The summed E-state index contributed by atoms with van der Waals surface area (Å²) in [4.78, 5) is 10.9. The summed E-state index contributed by atoms with van der Waals surface area (Å²) in [5.41, 5.74) is 0.0797. The molecule has 2 rings (SSSR count). The van der Waals surface area contributed by atoms with Crippen molar-refractivity contribution in [1.29, 1.82) is 0 Å². The number of carboxylic acid groups (broad SMARTS) is 1. The first-order valence-electron chi connectivity index (χ1n) is 4.04. The van der Waals surface area contributed by atoms with Crippen LogP contribution in [-0.2, 0) is 0 Å². The van der Waals surface area contributed by atoms with Crippen molar-refractivity contribution in [3.8, 4) is 17.2 Å². The summed E-state index contributed by atoms with van der Waals surface area (Å²) in [6, 6.07) is 1.40. The third-order valence-corrected chi connectivity index (χ3v) is 2.78.